The van der Waals surface area contributed by atoms with Crippen molar-refractivity contribution >= 4 is 11.4 Å². The molecule has 2 aromatic heterocycles. The molecule has 4 nitrogen and oxygen atoms in total. The van der Waals surface area contributed by atoms with Crippen LogP contribution in [-0.4, -0.2) is 14.6 Å². The summed E-state index contributed by atoms with van der Waals surface area (Å²) >= 11 is 0. The van der Waals surface area contributed by atoms with Gasteiger partial charge in [0.15, 0.2) is 5.65 Å². The summed E-state index contributed by atoms with van der Waals surface area (Å²) in [5.41, 5.74) is -1.81. The summed E-state index contributed by atoms with van der Waals surface area (Å²) < 4.78 is 74.5. The van der Waals surface area contributed by atoms with Crippen molar-refractivity contribution in [3.05, 3.63) is 65.6 Å². The van der Waals surface area contributed by atoms with Gasteiger partial charge in [-0.1, -0.05) is 6.58 Å². The molecule has 1 fully saturated rings. The Morgan fingerprint density at radius 3 is 2.43 bits per heavy atom. The first-order valence-electron chi connectivity index (χ1n) is 8.49. The molecular formula is C19H14F5N3O. The number of alkyl halides is 3. The first kappa shape index (κ1) is 18.4. The van der Waals surface area contributed by atoms with Crippen molar-refractivity contribution < 1.29 is 26.7 Å². The van der Waals surface area contributed by atoms with Crippen LogP contribution in [0.3, 0.4) is 0 Å². The molecule has 9 heteroatoms. The molecule has 1 aliphatic rings. The lowest BCUT2D eigenvalue weighted by Crippen LogP contribution is -2.13. The van der Waals surface area contributed by atoms with Gasteiger partial charge in [-0.3, -0.25) is 4.40 Å². The standard InChI is InChI=1S/C19H14F5N3O/c1-10(28-14-8-12(20)7-13(21)9-14)15-4-5-27-16(6-11-2-3-11)25-26-18(27)17(15)19(22,23)24/h4-5,7-9,11H,1-3,6H2. The molecule has 1 saturated carbocycles. The molecule has 4 rings (SSSR count). The van der Waals surface area contributed by atoms with E-state index in [4.69, 9.17) is 4.74 Å². The normalized spacial score (nSPS) is 14.5. The third-order valence-electron chi connectivity index (χ3n) is 4.48. The molecule has 0 spiro atoms. The molecule has 0 bridgehead atoms. The lowest BCUT2D eigenvalue weighted by molar-refractivity contribution is -0.137. The quantitative estimate of drug-likeness (QED) is 0.449. The Hall–Kier alpha value is -2.97. The highest BCUT2D eigenvalue weighted by Crippen LogP contribution is 2.39. The molecule has 1 aromatic carbocycles. The maximum absolute atomic E-state index is 13.8. The van der Waals surface area contributed by atoms with E-state index in [-0.39, 0.29) is 17.0 Å². The molecule has 0 aliphatic heterocycles. The number of nitrogens with zero attached hydrogens (tertiary/aromatic N) is 3. The van der Waals surface area contributed by atoms with E-state index in [1.807, 2.05) is 0 Å². The molecule has 3 aromatic rings. The Morgan fingerprint density at radius 1 is 1.14 bits per heavy atom. The number of hydrogen-bond acceptors (Lipinski definition) is 3. The molecule has 146 valence electrons. The van der Waals surface area contributed by atoms with Crippen LogP contribution < -0.4 is 4.74 Å². The molecule has 0 unspecified atom stereocenters. The SMILES string of the molecule is C=C(Oc1cc(F)cc(F)c1)c1ccn2c(CC3CC3)nnc2c1C(F)(F)F. The summed E-state index contributed by atoms with van der Waals surface area (Å²) in [6, 6.07) is 3.52. The lowest BCUT2D eigenvalue weighted by atomic mass is 10.1. The fraction of sp³-hybridized carbons (Fsp3) is 0.263. The average molecular weight is 395 g/mol. The summed E-state index contributed by atoms with van der Waals surface area (Å²) in [4.78, 5) is 0. The smallest absolute Gasteiger partial charge is 0.420 e. The van der Waals surface area contributed by atoms with Gasteiger partial charge >= 0.3 is 6.18 Å². The minimum atomic E-state index is -4.76. The summed E-state index contributed by atoms with van der Waals surface area (Å²) in [7, 11) is 0. The third-order valence-corrected chi connectivity index (χ3v) is 4.48. The van der Waals surface area contributed by atoms with E-state index in [0.717, 1.165) is 25.0 Å². The largest absolute Gasteiger partial charge is 0.457 e. The number of ether oxygens (including phenoxy) is 1. The van der Waals surface area contributed by atoms with Gasteiger partial charge in [0, 0.05) is 36.4 Å². The molecule has 1 aliphatic carbocycles. The number of aromatic nitrogens is 3. The Kier molecular flexibility index (Phi) is 4.32. The molecule has 0 N–H and O–H groups in total. The highest BCUT2D eigenvalue weighted by atomic mass is 19.4. The summed E-state index contributed by atoms with van der Waals surface area (Å²) in [5, 5.41) is 7.62. The highest BCUT2D eigenvalue weighted by molar-refractivity contribution is 5.70. The van der Waals surface area contributed by atoms with Gasteiger partial charge < -0.3 is 4.74 Å². The Morgan fingerprint density at radius 2 is 1.82 bits per heavy atom. The molecule has 0 radical (unpaired) electrons. The van der Waals surface area contributed by atoms with Gasteiger partial charge in [-0.25, -0.2) is 8.78 Å². The van der Waals surface area contributed by atoms with Crippen LogP contribution >= 0.6 is 0 Å². The summed E-state index contributed by atoms with van der Waals surface area (Å²) in [6.45, 7) is 3.50. The highest BCUT2D eigenvalue weighted by Gasteiger charge is 2.39. The number of hydrogen-bond donors (Lipinski definition) is 0. The number of fused-ring (bicyclic) bond motifs is 1. The van der Waals surface area contributed by atoms with Crippen molar-refractivity contribution in [1.82, 2.24) is 14.6 Å². The molecule has 0 amide bonds. The Balaban J connectivity index is 1.76. The van der Waals surface area contributed by atoms with Crippen molar-refractivity contribution in [3.8, 4) is 5.75 Å². The van der Waals surface area contributed by atoms with E-state index in [2.05, 4.69) is 16.8 Å². The third kappa shape index (κ3) is 3.56. The van der Waals surface area contributed by atoms with Crippen molar-refractivity contribution in [2.75, 3.05) is 0 Å². The van der Waals surface area contributed by atoms with Crippen molar-refractivity contribution in [2.24, 2.45) is 5.92 Å². The fourth-order valence-electron chi connectivity index (χ4n) is 3.02. The van der Waals surface area contributed by atoms with Crippen LogP contribution in [0.5, 0.6) is 5.75 Å². The molecule has 0 atom stereocenters. The Bertz CT molecular complexity index is 1050. The van der Waals surface area contributed by atoms with Crippen LogP contribution in [-0.2, 0) is 12.6 Å². The second kappa shape index (κ2) is 6.57. The zero-order valence-electron chi connectivity index (χ0n) is 14.4. The van der Waals surface area contributed by atoms with Gasteiger partial charge in [-0.15, -0.1) is 10.2 Å². The zero-order valence-corrected chi connectivity index (χ0v) is 14.4. The number of pyridine rings is 1. The summed E-state index contributed by atoms with van der Waals surface area (Å²) in [5.74, 6) is -1.68. The second-order valence-corrected chi connectivity index (χ2v) is 6.69. The second-order valence-electron chi connectivity index (χ2n) is 6.69. The van der Waals surface area contributed by atoms with Crippen molar-refractivity contribution in [3.63, 3.8) is 0 Å². The molecule has 0 saturated heterocycles. The predicted molar refractivity (Wildman–Crippen MR) is 90.4 cm³/mol. The maximum atomic E-state index is 13.8. The van der Waals surface area contributed by atoms with Gasteiger partial charge in [-0.05, 0) is 24.8 Å². The van der Waals surface area contributed by atoms with E-state index in [1.54, 1.807) is 0 Å². The minimum absolute atomic E-state index is 0.300. The zero-order chi connectivity index (χ0) is 20.1. The number of halogens is 5. The maximum Gasteiger partial charge on any atom is 0.420 e. The van der Waals surface area contributed by atoms with Gasteiger partial charge in [0.25, 0.3) is 0 Å². The summed E-state index contributed by atoms with van der Waals surface area (Å²) in [6.07, 6.45) is -0.751. The first-order valence-corrected chi connectivity index (χ1v) is 8.49. The Labute approximate surface area is 156 Å². The number of benzene rings is 1. The van der Waals surface area contributed by atoms with E-state index in [1.165, 1.54) is 16.7 Å². The van der Waals surface area contributed by atoms with E-state index < -0.39 is 29.1 Å². The molecule has 2 heterocycles. The monoisotopic (exact) mass is 395 g/mol. The van der Waals surface area contributed by atoms with E-state index in [9.17, 15) is 22.0 Å². The van der Waals surface area contributed by atoms with Gasteiger partial charge in [0.05, 0.1) is 0 Å². The average Bonchev–Trinajstić information content (AvgIpc) is 3.31. The first-order chi connectivity index (χ1) is 13.2. The topological polar surface area (TPSA) is 39.4 Å². The van der Waals surface area contributed by atoms with E-state index in [0.29, 0.717) is 24.2 Å². The fourth-order valence-corrected chi connectivity index (χ4v) is 3.02. The van der Waals surface area contributed by atoms with Gasteiger partial charge in [-0.2, -0.15) is 13.2 Å². The predicted octanol–water partition coefficient (Wildman–Crippen LogP) is 5.03. The van der Waals surface area contributed by atoms with Crippen LogP contribution in [0.1, 0.15) is 29.8 Å². The lowest BCUT2D eigenvalue weighted by Gasteiger charge is -2.16. The van der Waals surface area contributed by atoms with Crippen LogP contribution in [0.15, 0.2) is 37.0 Å². The minimum Gasteiger partial charge on any atom is -0.457 e. The van der Waals surface area contributed by atoms with Crippen LogP contribution in [0.25, 0.3) is 11.4 Å². The number of rotatable bonds is 5. The molecule has 28 heavy (non-hydrogen) atoms. The van der Waals surface area contributed by atoms with Crippen LogP contribution in [0, 0.1) is 17.6 Å². The van der Waals surface area contributed by atoms with Crippen LogP contribution in [0.2, 0.25) is 0 Å². The molecular weight excluding hydrogens is 381 g/mol. The van der Waals surface area contributed by atoms with Gasteiger partial charge in [0.2, 0.25) is 0 Å². The van der Waals surface area contributed by atoms with Crippen molar-refractivity contribution in [2.45, 2.75) is 25.4 Å². The van der Waals surface area contributed by atoms with E-state index >= 15 is 0 Å². The van der Waals surface area contributed by atoms with Crippen LogP contribution in [0.4, 0.5) is 22.0 Å². The van der Waals surface area contributed by atoms with Gasteiger partial charge in [0.1, 0.15) is 34.5 Å². The van der Waals surface area contributed by atoms with Crippen molar-refractivity contribution in [1.29, 1.82) is 0 Å².